The number of hydrogen-bond acceptors (Lipinski definition) is 27. The molecule has 39 atom stereocenters. The van der Waals surface area contributed by atoms with Gasteiger partial charge in [-0.2, -0.15) is 26.4 Å². The predicted octanol–water partition coefficient (Wildman–Crippen LogP) is 17.1. The summed E-state index contributed by atoms with van der Waals surface area (Å²) in [6, 6.07) is 21.4. The average Bonchev–Trinajstić information content (AvgIpc) is 1.55. The van der Waals surface area contributed by atoms with Gasteiger partial charge in [-0.3, -0.25) is 4.79 Å². The van der Waals surface area contributed by atoms with Gasteiger partial charge in [0, 0.05) is 83.2 Å². The van der Waals surface area contributed by atoms with Crippen molar-refractivity contribution in [1.29, 1.82) is 0 Å². The maximum absolute atomic E-state index is 15.4. The fraction of sp³-hybridized carbons (Fsp3) is 0.810. The molecule has 32 heteroatoms. The van der Waals surface area contributed by atoms with Gasteiger partial charge in [0.1, 0.15) is 66.8 Å². The van der Waals surface area contributed by atoms with E-state index in [2.05, 4.69) is 197 Å². The fourth-order valence-electron chi connectivity index (χ4n) is 26.0. The van der Waals surface area contributed by atoms with Gasteiger partial charge in [-0.05, 0) is 240 Å². The van der Waals surface area contributed by atoms with E-state index in [-0.39, 0.29) is 269 Å². The quantitative estimate of drug-likeness (QED) is 0.0781. The fourth-order valence-corrected chi connectivity index (χ4v) is 28.3. The van der Waals surface area contributed by atoms with E-state index in [0.29, 0.717) is 67.8 Å². The van der Waals surface area contributed by atoms with E-state index in [1.54, 1.807) is 20.8 Å². The van der Waals surface area contributed by atoms with Crippen LogP contribution in [0.2, 0.25) is 36.3 Å². The number of benzene rings is 2. The van der Waals surface area contributed by atoms with Gasteiger partial charge in [-0.15, -0.1) is 5.60 Å². The smallest absolute Gasteiger partial charge is 0.850 e. The van der Waals surface area contributed by atoms with E-state index in [9.17, 15) is 5.11 Å². The summed E-state index contributed by atoms with van der Waals surface area (Å²) >= 11 is -1.50. The van der Waals surface area contributed by atoms with Crippen LogP contribution in [0.25, 0.3) is 0 Å². The van der Waals surface area contributed by atoms with E-state index < -0.39 is 57.0 Å². The average molecular weight is 2170 g/mol. The number of carbonyl (C=O) groups is 1. The largest absolute Gasteiger partial charge is 1.00 e. The third kappa shape index (κ3) is 30.6. The Labute approximate surface area is 936 Å². The third-order valence-corrected chi connectivity index (χ3v) is 45.1. The standard InChI is InChI=1S/C53H78O10Si.C53H82O9Si.C4H8O.C4H9O.CO2.CH4.K.2O2S/c1-29(28-55-64(9,10)52(6,7)8)22-41-33(5)45-43(59-41)26-42-32(4)30(2)23-35(57-42)16-18-39-31(3)24-37(56-39)20-21-53-27-44-48(62-53)49-50(61-44)51(63-53)47-40(60-49)19-17-36(58-47)25-38(54)46(45)34-14-12-11-13-15-34;1-12-37-18-21-42-47(57-37)51-50-49(59-42)48-46(60-50)29-53(61-48,62-51)23-22-39-26-33(4)41(55-39)20-19-38-25-32(3)34(5)44(56-38)28-45-40(27-36-16-14-13-15-17-36)35(6)43(58-45)24-31(2)30-54-63(10,11)52(7,8)9;1-2-4-5-3-1;1-4(2,3)5;2-1-3;;;2*1-3-2/h11-15,29-30,33,35-37,39-51H,3-4,16-28H2,1-2,5-10H3;13-17,31-32,35,37-51H,4-5,12,18-30H2,1-3,6-11H3;1-4H2;1-3H3;;1H4;;;/q;;;-1;;;+1;;/t29-,30+,33-,35?,36+,37-,39-,40-,41+,42?,43-,44+,45+,46?,47-,48?,49-,50+,51?,53-;31-,32+,35+,37-,38?,39-,40+,41-,42-,43+,44?,45-,46+,47-,48?,49-,50+,51?,53-;;;;;;;/m00......./s1. The second-order valence-corrected chi connectivity index (χ2v) is 60.0. The second-order valence-electron chi connectivity index (χ2n) is 50.1. The van der Waals surface area contributed by atoms with Gasteiger partial charge in [-0.25, -0.2) is 0 Å². The number of carbonyl (C=O) groups excluding carboxylic acids is 3. The normalized spacial score (nSPS) is 40.2. The van der Waals surface area contributed by atoms with Crippen LogP contribution in [0.3, 0.4) is 0 Å². The summed E-state index contributed by atoms with van der Waals surface area (Å²) in [4.78, 5) is 31.7. The zero-order chi connectivity index (χ0) is 105. The van der Waals surface area contributed by atoms with Gasteiger partial charge in [0.25, 0.3) is 0 Å². The van der Waals surface area contributed by atoms with Crippen LogP contribution in [-0.4, -0.2) is 260 Å². The second kappa shape index (κ2) is 54.0. The topological polar surface area (TPSA) is 318 Å². The van der Waals surface area contributed by atoms with Gasteiger partial charge >= 0.3 is 80.7 Å². The third-order valence-electron chi connectivity index (χ3n) is 36.1. The predicted molar refractivity (Wildman–Crippen MR) is 564 cm³/mol. The van der Waals surface area contributed by atoms with Crippen LogP contribution in [0, 0.1) is 47.3 Å². The molecule has 828 valence electrons. The molecule has 0 radical (unpaired) electrons. The van der Waals surface area contributed by atoms with Gasteiger partial charge in [0.15, 0.2) is 28.2 Å². The molecule has 0 N–H and O–H groups in total. The summed E-state index contributed by atoms with van der Waals surface area (Å²) in [7, 11) is -3.75. The van der Waals surface area contributed by atoms with E-state index in [1.165, 1.54) is 35.1 Å². The van der Waals surface area contributed by atoms with Crippen molar-refractivity contribution in [2.24, 2.45) is 47.3 Å². The first-order valence-electron chi connectivity index (χ1n) is 55.5. The van der Waals surface area contributed by atoms with Gasteiger partial charge in [-0.1, -0.05) is 205 Å². The maximum atomic E-state index is 15.4. The molecule has 2 aromatic carbocycles. The minimum Gasteiger partial charge on any atom is -0.850 e. The first-order valence-corrected chi connectivity index (χ1v) is 62.6. The number of ketones is 1. The summed E-state index contributed by atoms with van der Waals surface area (Å²) in [6.07, 6.45) is 22.2. The monoisotopic (exact) mass is 2170 g/mol. The number of Topliss-reactive ketones (excluding diaryl/α,β-unsaturated/α-hetero) is 1. The Kier molecular flexibility index (Phi) is 45.2. The molecule has 1 spiro atoms. The number of hydrogen-bond donors (Lipinski definition) is 0. The summed E-state index contributed by atoms with van der Waals surface area (Å²) in [6.45, 7) is 66.2. The molecule has 0 saturated carbocycles. The van der Waals surface area contributed by atoms with Crippen molar-refractivity contribution < 1.29 is 177 Å². The molecule has 22 rings (SSSR count). The molecule has 0 aromatic heterocycles. The first kappa shape index (κ1) is 124. The Balaban J connectivity index is 0.000000221. The Bertz CT molecular complexity index is 4660. The summed E-state index contributed by atoms with van der Waals surface area (Å²) in [5.41, 5.74) is 6.38. The minimum absolute atomic E-state index is 0. The zero-order valence-electron chi connectivity index (χ0n) is 92.2. The van der Waals surface area contributed by atoms with Gasteiger partial charge < -0.3 is 94.5 Å². The van der Waals surface area contributed by atoms with Crippen molar-refractivity contribution in [2.45, 2.75) is 522 Å². The Morgan fingerprint density at radius 1 is 0.500 bits per heavy atom. The van der Waals surface area contributed by atoms with E-state index >= 15 is 4.79 Å². The SMILES string of the molecule is C.C1CCOC1.C=C1C(C[C@@H]2O[C@H](C[C@H](C)CO[Si](C)(C)C(C)(C)C)[C@H](C)[C@H]2Cc2ccccc2)OC(CC[C@@H]2O[C@@H](CC[C@@]34C[C@H]5O[C@H]6C(O3)[C@H]3O[C@@H](CC)CC[C@@H]3O[C@H]6C5O4)CC2=C)C[C@H]1C.C=C1C2C[C@@H]3O[C@H](C[C@H](C)CO[Si](C)(C)C(C)(C)C)[C@H](C)[C@H]3C(c3ccccc3)C(=O)C[C@H]3CC[C@@H]4O[C@H]5C6O[C@]7(CC[C@H]8CC(=C)[C@H](CCC(C[C@H]1C)O2)O8)C[C@H]6O[C@H]5C(O7)[C@H]4O3.CC(C)(C)[O-].O=C=O.O=S=O.O=S=O.[K+]. The first-order chi connectivity index (χ1) is 69.2. The molecule has 2 aromatic rings. The summed E-state index contributed by atoms with van der Waals surface area (Å²) < 4.78 is 162. The molecule has 148 heavy (non-hydrogen) atoms. The van der Waals surface area contributed by atoms with Crippen molar-refractivity contribution in [2.75, 3.05) is 26.4 Å². The zero-order valence-corrected chi connectivity index (χ0v) is 99.0. The Hall–Kier alpha value is -2.64. The van der Waals surface area contributed by atoms with Crippen LogP contribution in [0.4, 0.5) is 0 Å². The molecule has 27 nitrogen and oxygen atoms in total. The molecular weight excluding hydrogens is 1980 g/mol. The molecule has 20 aliphatic heterocycles. The van der Waals surface area contributed by atoms with E-state index in [1.807, 2.05) is 6.07 Å². The number of rotatable bonds is 22. The van der Waals surface area contributed by atoms with Crippen molar-refractivity contribution in [3.63, 3.8) is 0 Å². The van der Waals surface area contributed by atoms with Crippen molar-refractivity contribution in [3.05, 3.63) is 120 Å². The van der Waals surface area contributed by atoms with Crippen molar-refractivity contribution in [3.8, 4) is 0 Å². The molecule has 18 bridgehead atoms. The maximum Gasteiger partial charge on any atom is 1.00 e. The molecule has 0 aliphatic carbocycles. The summed E-state index contributed by atoms with van der Waals surface area (Å²) in [5.74, 6) is 0.657. The van der Waals surface area contributed by atoms with Crippen LogP contribution in [0.5, 0.6) is 0 Å². The molecule has 9 unspecified atom stereocenters. The van der Waals surface area contributed by atoms with Crippen LogP contribution < -0.4 is 56.5 Å². The van der Waals surface area contributed by atoms with Crippen LogP contribution >= 0.6 is 0 Å². The molecule has 20 saturated heterocycles. The van der Waals surface area contributed by atoms with Gasteiger partial charge in [0.05, 0.1) is 110 Å². The molecular formula is C116H181KO27S2Si2. The van der Waals surface area contributed by atoms with Crippen LogP contribution in [0.15, 0.2) is 109 Å². The number of fused-ring (bicyclic) bond motifs is 7. The molecule has 20 fully saturated rings. The number of ether oxygens (including phenoxy) is 17. The molecule has 20 aliphatic rings. The van der Waals surface area contributed by atoms with E-state index in [4.69, 9.17) is 116 Å². The Morgan fingerprint density at radius 2 is 1.01 bits per heavy atom. The van der Waals surface area contributed by atoms with Crippen molar-refractivity contribution in [1.82, 2.24) is 0 Å². The Morgan fingerprint density at radius 3 is 1.61 bits per heavy atom. The summed E-state index contributed by atoms with van der Waals surface area (Å²) in [5, 5.41) is 10.4. The minimum atomic E-state index is -1.93. The van der Waals surface area contributed by atoms with Crippen LogP contribution in [-0.2, 0) is 133 Å². The molecule has 0 amide bonds. The van der Waals surface area contributed by atoms with Crippen molar-refractivity contribution >= 4 is 51.7 Å². The van der Waals surface area contributed by atoms with Crippen LogP contribution in [0.1, 0.15) is 302 Å². The molecule has 20 heterocycles. The van der Waals surface area contributed by atoms with Gasteiger partial charge in [0.2, 0.25) is 0 Å². The van der Waals surface area contributed by atoms with E-state index in [0.717, 1.165) is 166 Å².